The number of nitrogens with one attached hydrogen (secondary N) is 1. The fraction of sp³-hybridized carbons (Fsp3) is 0.588. The Labute approximate surface area is 132 Å². The van der Waals surface area contributed by atoms with Crippen molar-refractivity contribution in [3.05, 3.63) is 29.8 Å². The van der Waals surface area contributed by atoms with E-state index in [0.717, 1.165) is 35.7 Å². The highest BCUT2D eigenvalue weighted by Gasteiger charge is 2.23. The molecule has 1 atom stereocenters. The molecule has 22 heavy (non-hydrogen) atoms. The first-order chi connectivity index (χ1) is 10.6. The minimum absolute atomic E-state index is 0.623. The minimum Gasteiger partial charge on any atom is -0.301 e. The first-order valence-electron chi connectivity index (χ1n) is 8.20. The summed E-state index contributed by atoms with van der Waals surface area (Å²) in [6.45, 7) is 8.95. The van der Waals surface area contributed by atoms with Crippen molar-refractivity contribution >= 4 is 0 Å². The third kappa shape index (κ3) is 3.35. The lowest BCUT2D eigenvalue weighted by Crippen LogP contribution is -2.40. The van der Waals surface area contributed by atoms with Gasteiger partial charge < -0.3 is 4.90 Å². The summed E-state index contributed by atoms with van der Waals surface area (Å²) in [4.78, 5) is 11.7. The smallest absolute Gasteiger partial charge is 0.113 e. The summed E-state index contributed by atoms with van der Waals surface area (Å²) < 4.78 is 0. The maximum atomic E-state index is 4.59. The summed E-state index contributed by atoms with van der Waals surface area (Å²) in [6.07, 6.45) is 7.09. The number of rotatable bonds is 4. The lowest BCUT2D eigenvalue weighted by molar-refractivity contribution is 0.139. The summed E-state index contributed by atoms with van der Waals surface area (Å²) in [5, 5.41) is 7.34. The highest BCUT2D eigenvalue weighted by molar-refractivity contribution is 5.56. The maximum absolute atomic E-state index is 4.59. The van der Waals surface area contributed by atoms with Crippen molar-refractivity contribution in [2.75, 3.05) is 13.1 Å². The minimum atomic E-state index is 0.623. The van der Waals surface area contributed by atoms with E-state index in [1.807, 2.05) is 13.0 Å². The van der Waals surface area contributed by atoms with Crippen LogP contribution >= 0.6 is 0 Å². The highest BCUT2D eigenvalue weighted by Crippen LogP contribution is 2.25. The Hall–Kier alpha value is -1.75. The number of aromatic nitrogens is 4. The van der Waals surface area contributed by atoms with Gasteiger partial charge in [-0.3, -0.25) is 15.1 Å². The molecule has 5 heteroatoms. The molecule has 0 spiro atoms. The normalized spacial score (nSPS) is 19.7. The van der Waals surface area contributed by atoms with Crippen molar-refractivity contribution in [3.63, 3.8) is 0 Å². The van der Waals surface area contributed by atoms with Gasteiger partial charge >= 0.3 is 0 Å². The third-order valence-electron chi connectivity index (χ3n) is 4.49. The number of hydrogen-bond donors (Lipinski definition) is 1. The SMILES string of the molecule is Cc1cc(-c2nccnc2C[C@H]2CCCN(C(C)C)C2)n[nH]1. The van der Waals surface area contributed by atoms with Gasteiger partial charge in [-0.1, -0.05) is 0 Å². The summed E-state index contributed by atoms with van der Waals surface area (Å²) in [6, 6.07) is 2.66. The van der Waals surface area contributed by atoms with Gasteiger partial charge in [-0.25, -0.2) is 0 Å². The summed E-state index contributed by atoms with van der Waals surface area (Å²) in [7, 11) is 0. The largest absolute Gasteiger partial charge is 0.301 e. The fourth-order valence-electron chi connectivity index (χ4n) is 3.28. The summed E-state index contributed by atoms with van der Waals surface area (Å²) in [5.41, 5.74) is 3.95. The van der Waals surface area contributed by atoms with E-state index in [0.29, 0.717) is 12.0 Å². The number of hydrogen-bond acceptors (Lipinski definition) is 4. The fourth-order valence-corrected chi connectivity index (χ4v) is 3.28. The lowest BCUT2D eigenvalue weighted by atomic mass is 9.91. The Balaban J connectivity index is 1.78. The van der Waals surface area contributed by atoms with Crippen LogP contribution in [-0.2, 0) is 6.42 Å². The molecule has 1 aliphatic heterocycles. The topological polar surface area (TPSA) is 57.7 Å². The predicted octanol–water partition coefficient (Wildman–Crippen LogP) is 2.84. The molecule has 1 N–H and O–H groups in total. The van der Waals surface area contributed by atoms with Gasteiger partial charge in [0.1, 0.15) is 11.4 Å². The average molecular weight is 299 g/mol. The van der Waals surface area contributed by atoms with E-state index in [-0.39, 0.29) is 0 Å². The number of aromatic amines is 1. The van der Waals surface area contributed by atoms with Gasteiger partial charge in [-0.05, 0) is 58.6 Å². The second-order valence-electron chi connectivity index (χ2n) is 6.59. The number of nitrogens with zero attached hydrogens (tertiary/aromatic N) is 4. The molecule has 2 aromatic heterocycles. The molecule has 0 unspecified atom stereocenters. The molecule has 1 fully saturated rings. The average Bonchev–Trinajstić information content (AvgIpc) is 2.94. The van der Waals surface area contributed by atoms with Gasteiger partial charge in [-0.2, -0.15) is 5.10 Å². The van der Waals surface area contributed by atoms with E-state index in [1.54, 1.807) is 12.4 Å². The molecule has 3 rings (SSSR count). The van der Waals surface area contributed by atoms with Crippen LogP contribution in [0.3, 0.4) is 0 Å². The van der Waals surface area contributed by atoms with Crippen LogP contribution in [-0.4, -0.2) is 44.2 Å². The van der Waals surface area contributed by atoms with E-state index in [1.165, 1.54) is 19.4 Å². The number of piperidine rings is 1. The van der Waals surface area contributed by atoms with Crippen molar-refractivity contribution in [1.82, 2.24) is 25.1 Å². The van der Waals surface area contributed by atoms with Crippen LogP contribution < -0.4 is 0 Å². The van der Waals surface area contributed by atoms with Crippen LogP contribution in [0.5, 0.6) is 0 Å². The zero-order valence-electron chi connectivity index (χ0n) is 13.7. The second kappa shape index (κ2) is 6.57. The van der Waals surface area contributed by atoms with Gasteiger partial charge in [0.2, 0.25) is 0 Å². The molecule has 0 radical (unpaired) electrons. The standard InChI is InChI=1S/C17H25N5/c1-12(2)22-8-4-5-14(11-22)10-15-17(19-7-6-18-15)16-9-13(3)20-21-16/h6-7,9,12,14H,4-5,8,10-11H2,1-3H3,(H,20,21)/t14-/m1/s1. The molecule has 0 saturated carbocycles. The van der Waals surface area contributed by atoms with Crippen molar-refractivity contribution in [2.45, 2.75) is 46.1 Å². The first kappa shape index (κ1) is 15.2. The van der Waals surface area contributed by atoms with Crippen molar-refractivity contribution in [2.24, 2.45) is 5.92 Å². The van der Waals surface area contributed by atoms with E-state index >= 15 is 0 Å². The Morgan fingerprint density at radius 3 is 2.86 bits per heavy atom. The van der Waals surface area contributed by atoms with Crippen LogP contribution in [0.4, 0.5) is 0 Å². The van der Waals surface area contributed by atoms with E-state index in [2.05, 4.69) is 38.9 Å². The Kier molecular flexibility index (Phi) is 4.52. The van der Waals surface area contributed by atoms with Crippen LogP contribution in [0, 0.1) is 12.8 Å². The predicted molar refractivity (Wildman–Crippen MR) is 87.5 cm³/mol. The van der Waals surface area contributed by atoms with Crippen molar-refractivity contribution in [1.29, 1.82) is 0 Å². The first-order valence-corrected chi connectivity index (χ1v) is 8.20. The Morgan fingerprint density at radius 1 is 1.32 bits per heavy atom. The van der Waals surface area contributed by atoms with Gasteiger partial charge in [0.15, 0.2) is 0 Å². The third-order valence-corrected chi connectivity index (χ3v) is 4.49. The molecule has 0 aromatic carbocycles. The van der Waals surface area contributed by atoms with Crippen LogP contribution in [0.2, 0.25) is 0 Å². The monoisotopic (exact) mass is 299 g/mol. The van der Waals surface area contributed by atoms with Gasteiger partial charge in [-0.15, -0.1) is 0 Å². The molecule has 0 aliphatic carbocycles. The molecular weight excluding hydrogens is 274 g/mol. The van der Waals surface area contributed by atoms with Crippen LogP contribution in [0.1, 0.15) is 38.1 Å². The van der Waals surface area contributed by atoms with Crippen LogP contribution in [0.15, 0.2) is 18.5 Å². The van der Waals surface area contributed by atoms with E-state index in [9.17, 15) is 0 Å². The number of aryl methyl sites for hydroxylation is 1. The van der Waals surface area contributed by atoms with Gasteiger partial charge in [0, 0.05) is 30.7 Å². The molecule has 2 aromatic rings. The quantitative estimate of drug-likeness (QED) is 0.943. The lowest BCUT2D eigenvalue weighted by Gasteiger charge is -2.35. The zero-order chi connectivity index (χ0) is 15.5. The maximum Gasteiger partial charge on any atom is 0.113 e. The Morgan fingerprint density at radius 2 is 2.14 bits per heavy atom. The molecule has 118 valence electrons. The second-order valence-corrected chi connectivity index (χ2v) is 6.59. The van der Waals surface area contributed by atoms with E-state index < -0.39 is 0 Å². The molecule has 1 saturated heterocycles. The Bertz CT molecular complexity index is 619. The van der Waals surface area contributed by atoms with Crippen molar-refractivity contribution in [3.8, 4) is 11.4 Å². The summed E-state index contributed by atoms with van der Waals surface area (Å²) >= 11 is 0. The molecule has 5 nitrogen and oxygen atoms in total. The molecule has 1 aliphatic rings. The molecule has 0 bridgehead atoms. The number of H-pyrrole nitrogens is 1. The molecule has 3 heterocycles. The van der Waals surface area contributed by atoms with E-state index in [4.69, 9.17) is 0 Å². The molecule has 0 amide bonds. The van der Waals surface area contributed by atoms with Gasteiger partial charge in [0.25, 0.3) is 0 Å². The number of likely N-dealkylation sites (tertiary alicyclic amines) is 1. The highest BCUT2D eigenvalue weighted by atomic mass is 15.2. The van der Waals surface area contributed by atoms with Crippen LogP contribution in [0.25, 0.3) is 11.4 Å². The molecular formula is C17H25N5. The van der Waals surface area contributed by atoms with Gasteiger partial charge in [0.05, 0.1) is 5.69 Å². The summed E-state index contributed by atoms with van der Waals surface area (Å²) in [5.74, 6) is 0.659. The zero-order valence-corrected chi connectivity index (χ0v) is 13.7. The van der Waals surface area contributed by atoms with Crippen molar-refractivity contribution < 1.29 is 0 Å².